The number of benzene rings is 1. The molecule has 2 fully saturated rings. The summed E-state index contributed by atoms with van der Waals surface area (Å²) in [6.45, 7) is 0.602. The van der Waals surface area contributed by atoms with Crippen molar-refractivity contribution >= 4 is 34.4 Å². The zero-order valence-corrected chi connectivity index (χ0v) is 14.3. The van der Waals surface area contributed by atoms with E-state index < -0.39 is 18.0 Å². The second kappa shape index (κ2) is 6.54. The van der Waals surface area contributed by atoms with Crippen LogP contribution in [-0.4, -0.2) is 46.8 Å². The minimum absolute atomic E-state index is 0.153. The van der Waals surface area contributed by atoms with Gasteiger partial charge in [0.2, 0.25) is 11.7 Å². The van der Waals surface area contributed by atoms with Crippen LogP contribution in [0, 0.1) is 17.2 Å². The van der Waals surface area contributed by atoms with Crippen molar-refractivity contribution in [3.8, 4) is 6.07 Å². The van der Waals surface area contributed by atoms with Crippen molar-refractivity contribution in [2.75, 3.05) is 18.2 Å². The maximum Gasteiger partial charge on any atom is 0.242 e. The van der Waals surface area contributed by atoms with E-state index in [0.717, 1.165) is 5.39 Å². The molecule has 6 nitrogen and oxygen atoms in total. The van der Waals surface area contributed by atoms with Crippen LogP contribution in [0.1, 0.15) is 17.0 Å². The Bertz CT molecular complexity index is 839. The molecule has 25 heavy (non-hydrogen) atoms. The van der Waals surface area contributed by atoms with Gasteiger partial charge in [0.05, 0.1) is 23.9 Å². The molecule has 7 heteroatoms. The van der Waals surface area contributed by atoms with Gasteiger partial charge in [0.1, 0.15) is 11.6 Å². The number of nitrogens with one attached hydrogen (secondary N) is 1. The number of Topliss-reactive ketones (excluding diaryl/α,β-unsaturated/α-hetero) is 1. The van der Waals surface area contributed by atoms with Gasteiger partial charge >= 0.3 is 0 Å². The molecule has 2 saturated heterocycles. The summed E-state index contributed by atoms with van der Waals surface area (Å²) >= 11 is 1.56. The SMILES string of the molecule is N#C[C@@H]1CSCN1C(=O)[C@@H]1NCCC1C(=O)c1cc2ccccc2o1. The Balaban J connectivity index is 1.57. The first-order chi connectivity index (χ1) is 12.2. The summed E-state index contributed by atoms with van der Waals surface area (Å²) in [5, 5.41) is 13.2. The number of nitrogens with zero attached hydrogens (tertiary/aromatic N) is 2. The van der Waals surface area contributed by atoms with E-state index in [1.165, 1.54) is 0 Å². The number of nitriles is 1. The number of hydrogen-bond donors (Lipinski definition) is 1. The molecular weight excluding hydrogens is 338 g/mol. The largest absolute Gasteiger partial charge is 0.453 e. The van der Waals surface area contributed by atoms with E-state index in [4.69, 9.17) is 4.42 Å². The van der Waals surface area contributed by atoms with Crippen molar-refractivity contribution in [3.05, 3.63) is 36.1 Å². The Morgan fingerprint density at radius 2 is 2.20 bits per heavy atom. The molecule has 1 aromatic heterocycles. The molecule has 1 aromatic carbocycles. The summed E-state index contributed by atoms with van der Waals surface area (Å²) in [5.41, 5.74) is 0.667. The van der Waals surface area contributed by atoms with Crippen LogP contribution >= 0.6 is 11.8 Å². The maximum atomic E-state index is 12.9. The zero-order chi connectivity index (χ0) is 17.4. The molecular formula is C18H17N3O3S. The van der Waals surface area contributed by atoms with Gasteiger partial charge in [-0.15, -0.1) is 11.8 Å². The van der Waals surface area contributed by atoms with Crippen LogP contribution in [0.3, 0.4) is 0 Å². The van der Waals surface area contributed by atoms with Gasteiger partial charge in [-0.25, -0.2) is 0 Å². The first-order valence-electron chi connectivity index (χ1n) is 8.23. The van der Waals surface area contributed by atoms with Crippen molar-refractivity contribution in [1.82, 2.24) is 10.2 Å². The van der Waals surface area contributed by atoms with Gasteiger partial charge < -0.3 is 14.6 Å². The predicted octanol–water partition coefficient (Wildman–Crippen LogP) is 2.02. The molecule has 3 heterocycles. The third kappa shape index (κ3) is 2.81. The lowest BCUT2D eigenvalue weighted by molar-refractivity contribution is -0.133. The average Bonchev–Trinajstić information content (AvgIpc) is 3.38. The molecule has 0 radical (unpaired) electrons. The van der Waals surface area contributed by atoms with Gasteiger partial charge in [-0.05, 0) is 25.1 Å². The number of amides is 1. The number of carbonyl (C=O) groups is 2. The predicted molar refractivity (Wildman–Crippen MR) is 94.0 cm³/mol. The summed E-state index contributed by atoms with van der Waals surface area (Å²) in [6.07, 6.45) is 0.588. The quantitative estimate of drug-likeness (QED) is 0.848. The number of hydrogen-bond acceptors (Lipinski definition) is 6. The molecule has 0 bridgehead atoms. The molecule has 128 valence electrons. The Hall–Kier alpha value is -2.30. The summed E-state index contributed by atoms with van der Waals surface area (Å²) in [7, 11) is 0. The molecule has 0 aliphatic carbocycles. The van der Waals surface area contributed by atoms with Crippen LogP contribution in [-0.2, 0) is 4.79 Å². The van der Waals surface area contributed by atoms with Gasteiger partial charge in [-0.1, -0.05) is 18.2 Å². The topological polar surface area (TPSA) is 86.3 Å². The summed E-state index contributed by atoms with van der Waals surface area (Å²) < 4.78 is 5.68. The molecule has 2 aromatic rings. The van der Waals surface area contributed by atoms with Crippen LogP contribution in [0.15, 0.2) is 34.7 Å². The fourth-order valence-electron chi connectivity index (χ4n) is 3.48. The third-order valence-electron chi connectivity index (χ3n) is 4.81. The van der Waals surface area contributed by atoms with Crippen molar-refractivity contribution in [1.29, 1.82) is 5.26 Å². The third-order valence-corrected chi connectivity index (χ3v) is 5.82. The lowest BCUT2D eigenvalue weighted by Crippen LogP contribution is -2.49. The van der Waals surface area contributed by atoms with Gasteiger partial charge in [0.25, 0.3) is 0 Å². The average molecular weight is 355 g/mol. The fourth-order valence-corrected chi connectivity index (χ4v) is 4.56. The van der Waals surface area contributed by atoms with Gasteiger partial charge in [-0.3, -0.25) is 9.59 Å². The highest BCUT2D eigenvalue weighted by Gasteiger charge is 2.43. The highest BCUT2D eigenvalue weighted by atomic mass is 32.2. The molecule has 0 spiro atoms. The highest BCUT2D eigenvalue weighted by molar-refractivity contribution is 7.99. The second-order valence-electron chi connectivity index (χ2n) is 6.29. The van der Waals surface area contributed by atoms with E-state index >= 15 is 0 Å². The number of ketones is 1. The number of furan rings is 1. The van der Waals surface area contributed by atoms with E-state index in [-0.39, 0.29) is 11.7 Å². The summed E-state index contributed by atoms with van der Waals surface area (Å²) in [6, 6.07) is 10.4. The van der Waals surface area contributed by atoms with Gasteiger partial charge in [0, 0.05) is 11.1 Å². The summed E-state index contributed by atoms with van der Waals surface area (Å²) in [4.78, 5) is 27.4. The van der Waals surface area contributed by atoms with E-state index in [2.05, 4.69) is 11.4 Å². The Kier molecular flexibility index (Phi) is 4.24. The van der Waals surface area contributed by atoms with Gasteiger partial charge in [-0.2, -0.15) is 5.26 Å². The van der Waals surface area contributed by atoms with Crippen LogP contribution in [0.5, 0.6) is 0 Å². The minimum atomic E-state index is -0.588. The normalized spacial score (nSPS) is 26.0. The monoisotopic (exact) mass is 355 g/mol. The smallest absolute Gasteiger partial charge is 0.242 e. The number of rotatable bonds is 3. The molecule has 0 saturated carbocycles. The fraction of sp³-hybridized carbons (Fsp3) is 0.389. The first kappa shape index (κ1) is 16.2. The van der Waals surface area contributed by atoms with E-state index in [0.29, 0.717) is 35.9 Å². The lowest BCUT2D eigenvalue weighted by Gasteiger charge is -2.25. The molecule has 4 rings (SSSR count). The number of thioether (sulfide) groups is 1. The number of carbonyl (C=O) groups excluding carboxylic acids is 2. The van der Waals surface area contributed by atoms with E-state index in [1.54, 1.807) is 22.7 Å². The molecule has 1 amide bonds. The Morgan fingerprint density at radius 3 is 3.00 bits per heavy atom. The minimum Gasteiger partial charge on any atom is -0.453 e. The van der Waals surface area contributed by atoms with E-state index in [1.807, 2.05) is 24.3 Å². The Morgan fingerprint density at radius 1 is 1.36 bits per heavy atom. The highest BCUT2D eigenvalue weighted by Crippen LogP contribution is 2.29. The van der Waals surface area contributed by atoms with Crippen LogP contribution in [0.4, 0.5) is 0 Å². The lowest BCUT2D eigenvalue weighted by atomic mass is 9.93. The van der Waals surface area contributed by atoms with Crippen LogP contribution < -0.4 is 5.32 Å². The standard InChI is InChI=1S/C18H17N3O3S/c19-8-12-9-25-10-21(12)18(23)16-13(5-6-20-16)17(22)15-7-11-3-1-2-4-14(11)24-15/h1-4,7,12-13,16,20H,5-6,9-10H2/t12-,13?,16-/m1/s1. The van der Waals surface area contributed by atoms with Crippen molar-refractivity contribution in [3.63, 3.8) is 0 Å². The molecule has 2 aliphatic rings. The van der Waals surface area contributed by atoms with Gasteiger partial charge in [0.15, 0.2) is 5.76 Å². The molecule has 2 aliphatic heterocycles. The van der Waals surface area contributed by atoms with Crippen molar-refractivity contribution in [2.45, 2.75) is 18.5 Å². The number of para-hydroxylation sites is 1. The number of fused-ring (bicyclic) bond motifs is 1. The molecule has 1 N–H and O–H groups in total. The zero-order valence-electron chi connectivity index (χ0n) is 13.5. The van der Waals surface area contributed by atoms with Crippen molar-refractivity contribution in [2.24, 2.45) is 5.92 Å². The second-order valence-corrected chi connectivity index (χ2v) is 7.29. The van der Waals surface area contributed by atoms with Crippen molar-refractivity contribution < 1.29 is 14.0 Å². The maximum absolute atomic E-state index is 12.9. The van der Waals surface area contributed by atoms with Crippen LogP contribution in [0.2, 0.25) is 0 Å². The van der Waals surface area contributed by atoms with Crippen LogP contribution in [0.25, 0.3) is 11.0 Å². The van der Waals surface area contributed by atoms with E-state index in [9.17, 15) is 14.9 Å². The molecule has 1 unspecified atom stereocenters. The first-order valence-corrected chi connectivity index (χ1v) is 9.38. The Labute approximate surface area is 149 Å². The molecule has 3 atom stereocenters. The summed E-state index contributed by atoms with van der Waals surface area (Å²) in [5.74, 6) is 0.638.